The standard InChI is InChI=1S/C12H10Br2N4O2S/c13-8-1-6(2-9(14)11(8)20)4-16-18-10(19)3-7-5-21-12(15)17-7/h1-2,4-5,20H,3H2,(H2,15,17)(H,18,19)/b16-4+. The summed E-state index contributed by atoms with van der Waals surface area (Å²) >= 11 is 7.72. The summed E-state index contributed by atoms with van der Waals surface area (Å²) in [5, 5.41) is 15.6. The third kappa shape index (κ3) is 4.51. The number of thiazole rings is 1. The second-order valence-electron chi connectivity index (χ2n) is 3.98. The number of carbonyl (C=O) groups excluding carboxylic acids is 1. The lowest BCUT2D eigenvalue weighted by Crippen LogP contribution is -2.19. The van der Waals surface area contributed by atoms with Crippen molar-refractivity contribution in [1.82, 2.24) is 10.4 Å². The number of halogens is 2. The third-order valence-electron chi connectivity index (χ3n) is 2.35. The topological polar surface area (TPSA) is 101 Å². The van der Waals surface area contributed by atoms with Crippen LogP contribution in [0.3, 0.4) is 0 Å². The lowest BCUT2D eigenvalue weighted by molar-refractivity contribution is -0.120. The van der Waals surface area contributed by atoms with Crippen molar-refractivity contribution in [2.24, 2.45) is 5.10 Å². The maximum atomic E-state index is 11.6. The normalized spacial score (nSPS) is 11.0. The van der Waals surface area contributed by atoms with E-state index in [0.717, 1.165) is 0 Å². The highest BCUT2D eigenvalue weighted by molar-refractivity contribution is 9.11. The first-order chi connectivity index (χ1) is 9.95. The van der Waals surface area contributed by atoms with Crippen LogP contribution in [0, 0.1) is 0 Å². The highest BCUT2D eigenvalue weighted by Crippen LogP contribution is 2.32. The number of nitrogens with zero attached hydrogens (tertiary/aromatic N) is 2. The molecule has 0 aliphatic heterocycles. The summed E-state index contributed by atoms with van der Waals surface area (Å²) in [7, 11) is 0. The highest BCUT2D eigenvalue weighted by Gasteiger charge is 2.06. The third-order valence-corrected chi connectivity index (χ3v) is 4.28. The molecule has 1 aromatic heterocycles. The van der Waals surface area contributed by atoms with Crippen molar-refractivity contribution in [2.75, 3.05) is 5.73 Å². The molecule has 0 spiro atoms. The number of hydrogen-bond donors (Lipinski definition) is 3. The van der Waals surface area contributed by atoms with Gasteiger partial charge in [-0.05, 0) is 49.6 Å². The fraction of sp³-hybridized carbons (Fsp3) is 0.0833. The first kappa shape index (κ1) is 15.9. The first-order valence-electron chi connectivity index (χ1n) is 5.65. The fourth-order valence-corrected chi connectivity index (χ4v) is 3.23. The number of amides is 1. The van der Waals surface area contributed by atoms with Gasteiger partial charge >= 0.3 is 0 Å². The number of hydrogen-bond acceptors (Lipinski definition) is 6. The van der Waals surface area contributed by atoms with Crippen LogP contribution in [0.1, 0.15) is 11.3 Å². The van der Waals surface area contributed by atoms with E-state index < -0.39 is 0 Å². The lowest BCUT2D eigenvalue weighted by Gasteiger charge is -2.02. The number of hydrazone groups is 1. The molecule has 0 aliphatic carbocycles. The van der Waals surface area contributed by atoms with E-state index in [2.05, 4.69) is 47.4 Å². The molecule has 6 nitrogen and oxygen atoms in total. The van der Waals surface area contributed by atoms with Crippen LogP contribution in [-0.4, -0.2) is 22.2 Å². The average molecular weight is 434 g/mol. The van der Waals surface area contributed by atoms with Crippen molar-refractivity contribution >= 4 is 60.5 Å². The number of nitrogen functional groups attached to an aromatic ring is 1. The molecule has 0 saturated heterocycles. The largest absolute Gasteiger partial charge is 0.506 e. The van der Waals surface area contributed by atoms with Crippen molar-refractivity contribution in [1.29, 1.82) is 0 Å². The Hall–Kier alpha value is -1.45. The van der Waals surface area contributed by atoms with Crippen LogP contribution in [0.5, 0.6) is 5.75 Å². The summed E-state index contributed by atoms with van der Waals surface area (Å²) in [6.07, 6.45) is 1.59. The lowest BCUT2D eigenvalue weighted by atomic mass is 10.2. The molecule has 0 bridgehead atoms. The summed E-state index contributed by atoms with van der Waals surface area (Å²) in [5.41, 5.74) is 9.22. The molecule has 4 N–H and O–H groups in total. The van der Waals surface area contributed by atoms with Gasteiger partial charge in [0.25, 0.3) is 0 Å². The van der Waals surface area contributed by atoms with E-state index >= 15 is 0 Å². The van der Waals surface area contributed by atoms with Crippen molar-refractivity contribution in [3.63, 3.8) is 0 Å². The minimum Gasteiger partial charge on any atom is -0.506 e. The number of nitrogens with one attached hydrogen (secondary N) is 1. The van der Waals surface area contributed by atoms with Gasteiger partial charge in [0.2, 0.25) is 5.91 Å². The summed E-state index contributed by atoms with van der Waals surface area (Å²) in [5.74, 6) is -0.175. The van der Waals surface area contributed by atoms with E-state index in [4.69, 9.17) is 5.73 Å². The Labute approximate surface area is 141 Å². The molecule has 9 heteroatoms. The quantitative estimate of drug-likeness (QED) is 0.509. The number of aromatic nitrogens is 1. The number of aromatic hydroxyl groups is 1. The zero-order valence-corrected chi connectivity index (χ0v) is 14.5. The van der Waals surface area contributed by atoms with Crippen LogP contribution in [0.15, 0.2) is 31.6 Å². The van der Waals surface area contributed by atoms with Gasteiger partial charge in [-0.1, -0.05) is 0 Å². The van der Waals surface area contributed by atoms with Crippen LogP contribution < -0.4 is 11.2 Å². The number of rotatable bonds is 4. The molecule has 0 aliphatic rings. The van der Waals surface area contributed by atoms with Crippen LogP contribution in [0.2, 0.25) is 0 Å². The molecule has 0 radical (unpaired) electrons. The minimum atomic E-state index is -0.284. The number of carbonyl (C=O) groups is 1. The van der Waals surface area contributed by atoms with E-state index in [1.54, 1.807) is 17.5 Å². The van der Waals surface area contributed by atoms with E-state index in [0.29, 0.717) is 25.3 Å². The summed E-state index contributed by atoms with van der Waals surface area (Å²) in [6, 6.07) is 3.35. The van der Waals surface area contributed by atoms with Gasteiger partial charge in [-0.25, -0.2) is 10.4 Å². The van der Waals surface area contributed by atoms with Gasteiger partial charge in [0.05, 0.1) is 27.3 Å². The number of anilines is 1. The van der Waals surface area contributed by atoms with Gasteiger partial charge in [0.1, 0.15) is 5.75 Å². The van der Waals surface area contributed by atoms with Crippen LogP contribution >= 0.6 is 43.2 Å². The zero-order valence-electron chi connectivity index (χ0n) is 10.5. The van der Waals surface area contributed by atoms with Crippen LogP contribution in [0.4, 0.5) is 5.13 Å². The first-order valence-corrected chi connectivity index (χ1v) is 8.12. The van der Waals surface area contributed by atoms with Crippen molar-refractivity contribution < 1.29 is 9.90 Å². The molecule has 2 aromatic rings. The minimum absolute atomic E-state index is 0.109. The molecule has 110 valence electrons. The van der Waals surface area contributed by atoms with Crippen LogP contribution in [0.25, 0.3) is 0 Å². The predicted octanol–water partition coefficient (Wildman–Crippen LogP) is 2.65. The summed E-state index contributed by atoms with van der Waals surface area (Å²) in [6.45, 7) is 0. The summed E-state index contributed by atoms with van der Waals surface area (Å²) in [4.78, 5) is 15.6. The number of nitrogens with two attached hydrogens (primary N) is 1. The molecule has 2 rings (SSSR count). The highest BCUT2D eigenvalue weighted by atomic mass is 79.9. The maximum absolute atomic E-state index is 11.6. The van der Waals surface area contributed by atoms with Crippen molar-refractivity contribution in [3.05, 3.63) is 37.7 Å². The maximum Gasteiger partial charge on any atom is 0.246 e. The van der Waals surface area contributed by atoms with E-state index in [1.807, 2.05) is 0 Å². The fourth-order valence-electron chi connectivity index (χ4n) is 1.45. The molecule has 0 atom stereocenters. The van der Waals surface area contributed by atoms with Crippen LogP contribution in [-0.2, 0) is 11.2 Å². The average Bonchev–Trinajstić information content (AvgIpc) is 2.81. The number of phenolic OH excluding ortho intramolecular Hbond substituents is 1. The molecule has 1 aromatic carbocycles. The monoisotopic (exact) mass is 432 g/mol. The van der Waals surface area contributed by atoms with Gasteiger partial charge in [-0.2, -0.15) is 5.10 Å². The Bertz CT molecular complexity index is 679. The number of phenols is 1. The Balaban J connectivity index is 1.94. The van der Waals surface area contributed by atoms with E-state index in [1.165, 1.54) is 17.6 Å². The van der Waals surface area contributed by atoms with Gasteiger partial charge < -0.3 is 10.8 Å². The van der Waals surface area contributed by atoms with Gasteiger partial charge in [-0.15, -0.1) is 11.3 Å². The van der Waals surface area contributed by atoms with E-state index in [9.17, 15) is 9.90 Å². The van der Waals surface area contributed by atoms with Crippen molar-refractivity contribution in [3.8, 4) is 5.75 Å². The van der Waals surface area contributed by atoms with Gasteiger partial charge in [0, 0.05) is 5.38 Å². The predicted molar refractivity (Wildman–Crippen MR) is 89.5 cm³/mol. The Kier molecular flexibility index (Phi) is 5.32. The second-order valence-corrected chi connectivity index (χ2v) is 6.58. The smallest absolute Gasteiger partial charge is 0.246 e. The molecule has 0 fully saturated rings. The van der Waals surface area contributed by atoms with E-state index in [-0.39, 0.29) is 18.1 Å². The Morgan fingerprint density at radius 1 is 1.48 bits per heavy atom. The molecule has 1 heterocycles. The number of benzene rings is 1. The second kappa shape index (κ2) is 7.01. The Morgan fingerprint density at radius 2 is 2.14 bits per heavy atom. The molecule has 21 heavy (non-hydrogen) atoms. The molecule has 1 amide bonds. The van der Waals surface area contributed by atoms with Gasteiger partial charge in [-0.3, -0.25) is 4.79 Å². The molecule has 0 unspecified atom stereocenters. The van der Waals surface area contributed by atoms with Crippen molar-refractivity contribution in [2.45, 2.75) is 6.42 Å². The SMILES string of the molecule is Nc1nc(CC(=O)N/N=C/c2cc(Br)c(O)c(Br)c2)cs1. The van der Waals surface area contributed by atoms with Gasteiger partial charge in [0.15, 0.2) is 5.13 Å². The zero-order chi connectivity index (χ0) is 15.4. The molecular weight excluding hydrogens is 424 g/mol. The Morgan fingerprint density at radius 3 is 2.71 bits per heavy atom. The molecular formula is C12H10Br2N4O2S. The molecule has 0 saturated carbocycles. The summed E-state index contributed by atoms with van der Waals surface area (Å²) < 4.78 is 1.06.